The first-order valence-electron chi connectivity index (χ1n) is 5.53. The van der Waals surface area contributed by atoms with E-state index in [9.17, 15) is 9.90 Å². The molecule has 2 rings (SSSR count). The Morgan fingerprint density at radius 2 is 1.76 bits per heavy atom. The summed E-state index contributed by atoms with van der Waals surface area (Å²) >= 11 is 0. The number of aromatic hydroxyl groups is 1. The number of carbonyl (C=O) groups is 1. The number of phenolic OH excluding ortho intramolecular Hbond substituents is 1. The standard InChI is InChI=1S/C15H14O2/c1-11(16)14-10-13(7-8-15(14)17)9-12-5-3-2-4-6-12/h2-8,10,17H,9H2,1H3. The Morgan fingerprint density at radius 3 is 2.41 bits per heavy atom. The first-order valence-corrected chi connectivity index (χ1v) is 5.53. The zero-order valence-electron chi connectivity index (χ0n) is 9.68. The summed E-state index contributed by atoms with van der Waals surface area (Å²) in [4.78, 5) is 11.3. The number of Topliss-reactive ketones (excluding diaryl/α,β-unsaturated/α-hetero) is 1. The maximum absolute atomic E-state index is 11.3. The maximum Gasteiger partial charge on any atom is 0.163 e. The van der Waals surface area contributed by atoms with Gasteiger partial charge in [-0.15, -0.1) is 0 Å². The molecule has 1 N–H and O–H groups in total. The van der Waals surface area contributed by atoms with Crippen LogP contribution in [0.1, 0.15) is 28.4 Å². The number of carbonyl (C=O) groups excluding carboxylic acids is 1. The molecule has 0 aromatic heterocycles. The number of hydrogen-bond donors (Lipinski definition) is 1. The van der Waals surface area contributed by atoms with E-state index in [2.05, 4.69) is 0 Å². The van der Waals surface area contributed by atoms with E-state index in [1.165, 1.54) is 12.5 Å². The van der Waals surface area contributed by atoms with Gasteiger partial charge in [-0.25, -0.2) is 0 Å². The van der Waals surface area contributed by atoms with Crippen LogP contribution >= 0.6 is 0 Å². The van der Waals surface area contributed by atoms with Crippen molar-refractivity contribution >= 4 is 5.78 Å². The van der Waals surface area contributed by atoms with E-state index in [-0.39, 0.29) is 11.5 Å². The van der Waals surface area contributed by atoms with E-state index in [0.717, 1.165) is 12.0 Å². The molecule has 0 saturated carbocycles. The molecule has 0 aliphatic rings. The number of phenols is 1. The topological polar surface area (TPSA) is 37.3 Å². The van der Waals surface area contributed by atoms with Gasteiger partial charge in [-0.1, -0.05) is 36.4 Å². The molecule has 0 bridgehead atoms. The molecule has 17 heavy (non-hydrogen) atoms. The minimum atomic E-state index is -0.114. The van der Waals surface area contributed by atoms with Gasteiger partial charge in [0, 0.05) is 0 Å². The minimum absolute atomic E-state index is 0.0503. The SMILES string of the molecule is CC(=O)c1cc(Cc2ccccc2)ccc1O. The zero-order chi connectivity index (χ0) is 12.3. The van der Waals surface area contributed by atoms with Gasteiger partial charge >= 0.3 is 0 Å². The second kappa shape index (κ2) is 4.83. The zero-order valence-corrected chi connectivity index (χ0v) is 9.68. The fourth-order valence-corrected chi connectivity index (χ4v) is 1.81. The van der Waals surface area contributed by atoms with Crippen LogP contribution in [-0.4, -0.2) is 10.9 Å². The molecule has 0 heterocycles. The number of ketones is 1. The van der Waals surface area contributed by atoms with Gasteiger partial charge in [0.1, 0.15) is 5.75 Å². The van der Waals surface area contributed by atoms with Crippen molar-refractivity contribution in [1.29, 1.82) is 0 Å². The Kier molecular flexibility index (Phi) is 3.24. The van der Waals surface area contributed by atoms with Crippen molar-refractivity contribution < 1.29 is 9.90 Å². The molecule has 2 heteroatoms. The summed E-state index contributed by atoms with van der Waals surface area (Å²) in [6.45, 7) is 1.46. The van der Waals surface area contributed by atoms with Crippen LogP contribution in [0.25, 0.3) is 0 Å². The van der Waals surface area contributed by atoms with Gasteiger partial charge in [0.15, 0.2) is 5.78 Å². The van der Waals surface area contributed by atoms with E-state index in [0.29, 0.717) is 5.56 Å². The molecule has 0 unspecified atom stereocenters. The van der Waals surface area contributed by atoms with Gasteiger partial charge in [-0.2, -0.15) is 0 Å². The highest BCUT2D eigenvalue weighted by Gasteiger charge is 2.07. The van der Waals surface area contributed by atoms with Crippen molar-refractivity contribution in [3.63, 3.8) is 0 Å². The molecular weight excluding hydrogens is 212 g/mol. The maximum atomic E-state index is 11.3. The molecule has 2 nitrogen and oxygen atoms in total. The fraction of sp³-hybridized carbons (Fsp3) is 0.133. The Balaban J connectivity index is 2.29. The molecule has 0 amide bonds. The number of rotatable bonds is 3. The van der Waals surface area contributed by atoms with Crippen molar-refractivity contribution in [3.05, 3.63) is 65.2 Å². The Bertz CT molecular complexity index is 530. The van der Waals surface area contributed by atoms with E-state index < -0.39 is 0 Å². The summed E-state index contributed by atoms with van der Waals surface area (Å²) < 4.78 is 0. The summed E-state index contributed by atoms with van der Waals surface area (Å²) in [5.41, 5.74) is 2.60. The largest absolute Gasteiger partial charge is 0.507 e. The molecule has 0 aliphatic heterocycles. The van der Waals surface area contributed by atoms with Crippen molar-refractivity contribution in [2.24, 2.45) is 0 Å². The summed E-state index contributed by atoms with van der Waals surface area (Å²) in [6, 6.07) is 15.2. The molecular formula is C15H14O2. The van der Waals surface area contributed by atoms with Crippen LogP contribution < -0.4 is 0 Å². The van der Waals surface area contributed by atoms with Crippen molar-refractivity contribution in [2.75, 3.05) is 0 Å². The van der Waals surface area contributed by atoms with Gasteiger partial charge in [0.2, 0.25) is 0 Å². The van der Waals surface area contributed by atoms with Crippen LogP contribution in [0.15, 0.2) is 48.5 Å². The average molecular weight is 226 g/mol. The predicted molar refractivity (Wildman–Crippen MR) is 67.4 cm³/mol. The lowest BCUT2D eigenvalue weighted by Crippen LogP contribution is -1.96. The highest BCUT2D eigenvalue weighted by Crippen LogP contribution is 2.20. The minimum Gasteiger partial charge on any atom is -0.507 e. The van der Waals surface area contributed by atoms with Crippen molar-refractivity contribution in [3.8, 4) is 5.75 Å². The lowest BCUT2D eigenvalue weighted by molar-refractivity contribution is 0.101. The van der Waals surface area contributed by atoms with E-state index in [1.54, 1.807) is 12.1 Å². The molecule has 86 valence electrons. The second-order valence-corrected chi connectivity index (χ2v) is 4.07. The van der Waals surface area contributed by atoms with Crippen molar-refractivity contribution in [1.82, 2.24) is 0 Å². The molecule has 0 spiro atoms. The van der Waals surface area contributed by atoms with Crippen LogP contribution in [0.4, 0.5) is 0 Å². The van der Waals surface area contributed by atoms with Gasteiger partial charge < -0.3 is 5.11 Å². The second-order valence-electron chi connectivity index (χ2n) is 4.07. The molecule has 0 aliphatic carbocycles. The summed E-state index contributed by atoms with van der Waals surface area (Å²) in [5, 5.41) is 9.55. The van der Waals surface area contributed by atoms with Gasteiger partial charge in [-0.05, 0) is 36.6 Å². The van der Waals surface area contributed by atoms with E-state index in [1.807, 2.05) is 36.4 Å². The summed E-state index contributed by atoms with van der Waals surface area (Å²) in [5.74, 6) is -0.0632. The number of hydrogen-bond acceptors (Lipinski definition) is 2. The van der Waals surface area contributed by atoms with Crippen LogP contribution in [0.5, 0.6) is 5.75 Å². The van der Waals surface area contributed by atoms with E-state index >= 15 is 0 Å². The predicted octanol–water partition coefficient (Wildman–Crippen LogP) is 3.19. The Hall–Kier alpha value is -2.09. The quantitative estimate of drug-likeness (QED) is 0.816. The lowest BCUT2D eigenvalue weighted by Gasteiger charge is -2.05. The lowest BCUT2D eigenvalue weighted by atomic mass is 10.0. The van der Waals surface area contributed by atoms with Crippen LogP contribution in [0.2, 0.25) is 0 Å². The smallest absolute Gasteiger partial charge is 0.163 e. The van der Waals surface area contributed by atoms with Gasteiger partial charge in [0.25, 0.3) is 0 Å². The number of benzene rings is 2. The third-order valence-electron chi connectivity index (χ3n) is 2.69. The summed E-state index contributed by atoms with van der Waals surface area (Å²) in [7, 11) is 0. The van der Waals surface area contributed by atoms with Gasteiger partial charge in [-0.3, -0.25) is 4.79 Å². The Morgan fingerprint density at radius 1 is 1.06 bits per heavy atom. The van der Waals surface area contributed by atoms with Gasteiger partial charge in [0.05, 0.1) is 5.56 Å². The highest BCUT2D eigenvalue weighted by atomic mass is 16.3. The normalized spacial score (nSPS) is 10.2. The molecule has 0 fully saturated rings. The molecule has 2 aromatic carbocycles. The third-order valence-corrected chi connectivity index (χ3v) is 2.69. The molecule has 2 aromatic rings. The van der Waals surface area contributed by atoms with Crippen LogP contribution in [-0.2, 0) is 6.42 Å². The van der Waals surface area contributed by atoms with E-state index in [4.69, 9.17) is 0 Å². The summed E-state index contributed by atoms with van der Waals surface area (Å²) in [6.07, 6.45) is 0.765. The highest BCUT2D eigenvalue weighted by molar-refractivity contribution is 5.96. The Labute approximate surface area is 101 Å². The first kappa shape index (κ1) is 11.4. The van der Waals surface area contributed by atoms with Crippen LogP contribution in [0.3, 0.4) is 0 Å². The third kappa shape index (κ3) is 2.72. The van der Waals surface area contributed by atoms with Crippen LogP contribution in [0, 0.1) is 0 Å². The molecule has 0 radical (unpaired) electrons. The fourth-order valence-electron chi connectivity index (χ4n) is 1.81. The van der Waals surface area contributed by atoms with Crippen molar-refractivity contribution in [2.45, 2.75) is 13.3 Å². The molecule has 0 atom stereocenters. The first-order chi connectivity index (χ1) is 8.16. The monoisotopic (exact) mass is 226 g/mol. The molecule has 0 saturated heterocycles. The average Bonchev–Trinajstić information content (AvgIpc) is 2.32.